The molecule has 1 N–H and O–H groups in total. The topological polar surface area (TPSA) is 118 Å². The van der Waals surface area contributed by atoms with E-state index in [1.54, 1.807) is 31.6 Å². The molecule has 11 heteroatoms. The summed E-state index contributed by atoms with van der Waals surface area (Å²) in [6.45, 7) is 6.12. The summed E-state index contributed by atoms with van der Waals surface area (Å²) in [4.78, 5) is 30.5. The van der Waals surface area contributed by atoms with Crippen LogP contribution in [-0.2, 0) is 4.74 Å². The van der Waals surface area contributed by atoms with E-state index in [-0.39, 0.29) is 13.2 Å². The Kier molecular flexibility index (Phi) is 6.35. The minimum Gasteiger partial charge on any atom is -0.484 e. The molecular weight excluding hydrogens is 518 g/mol. The summed E-state index contributed by atoms with van der Waals surface area (Å²) >= 11 is 1.52. The SMILES string of the molecule is COc1cnc2c(-c3nc4c(C)cc5c(c4s3)OCC(COC(=O)Nc3ccnc(C)c3)O5)cc(C)cc2n1. The number of nitrogens with one attached hydrogen (secondary N) is 1. The number of benzene rings is 2. The molecule has 0 aliphatic carbocycles. The molecule has 0 fully saturated rings. The highest BCUT2D eigenvalue weighted by Crippen LogP contribution is 2.46. The number of methoxy groups -OCH3 is 1. The molecular formula is C28H25N5O5S. The normalized spacial score (nSPS) is 14.4. The van der Waals surface area contributed by atoms with Gasteiger partial charge in [0.05, 0.1) is 29.9 Å². The van der Waals surface area contributed by atoms with Crippen molar-refractivity contribution in [3.8, 4) is 28.0 Å². The fourth-order valence-electron chi connectivity index (χ4n) is 4.45. The van der Waals surface area contributed by atoms with E-state index in [1.807, 2.05) is 32.9 Å². The van der Waals surface area contributed by atoms with E-state index in [2.05, 4.69) is 26.3 Å². The maximum atomic E-state index is 12.3. The third-order valence-electron chi connectivity index (χ3n) is 6.24. The van der Waals surface area contributed by atoms with Crippen molar-refractivity contribution in [2.24, 2.45) is 0 Å². The van der Waals surface area contributed by atoms with Gasteiger partial charge in [0.2, 0.25) is 5.88 Å². The molecule has 0 radical (unpaired) electrons. The molecule has 0 saturated carbocycles. The monoisotopic (exact) mass is 543 g/mol. The zero-order chi connectivity index (χ0) is 27.1. The Balaban J connectivity index is 1.24. The second kappa shape index (κ2) is 9.99. The maximum absolute atomic E-state index is 12.3. The lowest BCUT2D eigenvalue weighted by Crippen LogP contribution is -2.35. The number of fused-ring (bicyclic) bond motifs is 4. The van der Waals surface area contributed by atoms with Gasteiger partial charge >= 0.3 is 6.09 Å². The van der Waals surface area contributed by atoms with E-state index in [0.717, 1.165) is 48.6 Å². The van der Waals surface area contributed by atoms with Crippen molar-refractivity contribution >= 4 is 44.4 Å². The highest BCUT2D eigenvalue weighted by Gasteiger charge is 2.27. The van der Waals surface area contributed by atoms with Crippen LogP contribution in [0.4, 0.5) is 10.5 Å². The molecule has 2 aromatic carbocycles. The predicted molar refractivity (Wildman–Crippen MR) is 148 cm³/mol. The highest BCUT2D eigenvalue weighted by molar-refractivity contribution is 7.22. The van der Waals surface area contributed by atoms with Crippen LogP contribution in [0.3, 0.4) is 0 Å². The summed E-state index contributed by atoms with van der Waals surface area (Å²) < 4.78 is 23.8. The van der Waals surface area contributed by atoms with Crippen LogP contribution in [0, 0.1) is 20.8 Å². The smallest absolute Gasteiger partial charge is 0.411 e. The number of ether oxygens (including phenoxy) is 4. The minimum atomic E-state index is -0.570. The van der Waals surface area contributed by atoms with Crippen LogP contribution < -0.4 is 19.5 Å². The van der Waals surface area contributed by atoms with Crippen molar-refractivity contribution in [1.82, 2.24) is 19.9 Å². The first-order valence-electron chi connectivity index (χ1n) is 12.3. The molecule has 6 rings (SSSR count). The van der Waals surface area contributed by atoms with Gasteiger partial charge in [-0.1, -0.05) is 0 Å². The van der Waals surface area contributed by atoms with E-state index >= 15 is 0 Å². The number of carbonyl (C=O) groups excluding carboxylic acids is 1. The number of nitrogens with zero attached hydrogens (tertiary/aromatic N) is 4. The highest BCUT2D eigenvalue weighted by atomic mass is 32.1. The number of aromatic nitrogens is 4. The number of anilines is 1. The molecule has 0 bridgehead atoms. The minimum absolute atomic E-state index is 0.0395. The Bertz CT molecular complexity index is 1740. The zero-order valence-corrected chi connectivity index (χ0v) is 22.6. The zero-order valence-electron chi connectivity index (χ0n) is 21.8. The number of carbonyl (C=O) groups is 1. The van der Waals surface area contributed by atoms with Gasteiger partial charge < -0.3 is 18.9 Å². The molecule has 0 spiro atoms. The maximum Gasteiger partial charge on any atom is 0.411 e. The fraction of sp³-hybridized carbons (Fsp3) is 0.250. The van der Waals surface area contributed by atoms with Gasteiger partial charge in [-0.2, -0.15) is 0 Å². The molecule has 4 heterocycles. The molecule has 1 unspecified atom stereocenters. The van der Waals surface area contributed by atoms with E-state index in [0.29, 0.717) is 23.1 Å². The van der Waals surface area contributed by atoms with Crippen LogP contribution in [0.2, 0.25) is 0 Å². The summed E-state index contributed by atoms with van der Waals surface area (Å²) in [6, 6.07) is 9.41. The van der Waals surface area contributed by atoms with Crippen LogP contribution in [-0.4, -0.2) is 52.5 Å². The summed E-state index contributed by atoms with van der Waals surface area (Å²) in [6.07, 6.45) is 2.22. The first-order valence-corrected chi connectivity index (χ1v) is 13.1. The molecule has 0 saturated heterocycles. The second-order valence-corrected chi connectivity index (χ2v) is 10.3. The van der Waals surface area contributed by atoms with Gasteiger partial charge in [-0.25, -0.2) is 19.7 Å². The van der Waals surface area contributed by atoms with Gasteiger partial charge in [0.25, 0.3) is 0 Å². The summed E-state index contributed by atoms with van der Waals surface area (Å²) in [5, 5.41) is 3.51. The lowest BCUT2D eigenvalue weighted by molar-refractivity contribution is 0.0383. The number of rotatable bonds is 5. The van der Waals surface area contributed by atoms with E-state index in [4.69, 9.17) is 23.9 Å². The molecule has 5 aromatic rings. The number of hydrogen-bond acceptors (Lipinski definition) is 10. The molecule has 1 aliphatic rings. The van der Waals surface area contributed by atoms with Gasteiger partial charge in [0.1, 0.15) is 22.9 Å². The number of pyridine rings is 1. The van der Waals surface area contributed by atoms with E-state index < -0.39 is 12.2 Å². The van der Waals surface area contributed by atoms with Crippen LogP contribution in [0.1, 0.15) is 16.8 Å². The van der Waals surface area contributed by atoms with Crippen LogP contribution >= 0.6 is 11.3 Å². The summed E-state index contributed by atoms with van der Waals surface area (Å²) in [5.74, 6) is 1.69. The Hall–Kier alpha value is -4.51. The van der Waals surface area contributed by atoms with Gasteiger partial charge in [0.15, 0.2) is 17.6 Å². The molecule has 3 aromatic heterocycles. The Labute approximate surface area is 228 Å². The van der Waals surface area contributed by atoms with Crippen molar-refractivity contribution < 1.29 is 23.7 Å². The molecule has 1 atom stereocenters. The second-order valence-electron chi connectivity index (χ2n) is 9.27. The third-order valence-corrected chi connectivity index (χ3v) is 7.32. The standard InChI is InChI=1S/C28H25N5O5S/c1-14-7-19(24-20(8-14)32-22(35-4)11-30-24)27-33-23-15(2)9-21-25(26(23)39-27)36-12-18(38-21)13-37-28(34)31-17-5-6-29-16(3)10-17/h5-11,18H,12-13H2,1-4H3,(H,29,31,34). The first kappa shape index (κ1) is 24.8. The quantitative estimate of drug-likeness (QED) is 0.301. The van der Waals surface area contributed by atoms with Crippen LogP contribution in [0.15, 0.2) is 42.7 Å². The van der Waals surface area contributed by atoms with Gasteiger partial charge in [0, 0.05) is 23.1 Å². The van der Waals surface area contributed by atoms with Gasteiger partial charge in [-0.15, -0.1) is 11.3 Å². The molecule has 1 amide bonds. The third kappa shape index (κ3) is 4.88. The number of thiazole rings is 1. The van der Waals surface area contributed by atoms with Gasteiger partial charge in [-0.3, -0.25) is 10.3 Å². The Morgan fingerprint density at radius 3 is 2.82 bits per heavy atom. The first-order chi connectivity index (χ1) is 18.9. The largest absolute Gasteiger partial charge is 0.484 e. The Morgan fingerprint density at radius 1 is 1.13 bits per heavy atom. The van der Waals surface area contributed by atoms with E-state index in [1.165, 1.54) is 11.3 Å². The van der Waals surface area contributed by atoms with E-state index in [9.17, 15) is 4.79 Å². The molecule has 198 valence electrons. The van der Waals surface area contributed by atoms with Crippen molar-refractivity contribution in [2.45, 2.75) is 26.9 Å². The average molecular weight is 544 g/mol. The number of amides is 1. The summed E-state index contributed by atoms with van der Waals surface area (Å²) in [7, 11) is 1.57. The Morgan fingerprint density at radius 2 is 2.00 bits per heavy atom. The van der Waals surface area contributed by atoms with Gasteiger partial charge in [-0.05, 0) is 62.2 Å². The van der Waals surface area contributed by atoms with Crippen molar-refractivity contribution in [2.75, 3.05) is 25.6 Å². The molecule has 39 heavy (non-hydrogen) atoms. The van der Waals surface area contributed by atoms with Crippen molar-refractivity contribution in [3.05, 3.63) is 59.5 Å². The summed E-state index contributed by atoms with van der Waals surface area (Å²) in [5.41, 5.74) is 6.64. The van der Waals surface area contributed by atoms with Crippen LogP contribution in [0.5, 0.6) is 17.4 Å². The lowest BCUT2D eigenvalue weighted by atomic mass is 10.1. The van der Waals surface area contributed by atoms with Crippen LogP contribution in [0.25, 0.3) is 31.8 Å². The molecule has 10 nitrogen and oxygen atoms in total. The predicted octanol–water partition coefficient (Wildman–Crippen LogP) is 5.62. The number of aryl methyl sites for hydroxylation is 3. The molecule has 1 aliphatic heterocycles. The van der Waals surface area contributed by atoms with Crippen molar-refractivity contribution in [1.29, 1.82) is 0 Å². The number of hydrogen-bond donors (Lipinski definition) is 1. The average Bonchev–Trinajstić information content (AvgIpc) is 3.37. The lowest BCUT2D eigenvalue weighted by Gasteiger charge is -2.26. The van der Waals surface area contributed by atoms with Crippen molar-refractivity contribution in [3.63, 3.8) is 0 Å². The fourth-order valence-corrected chi connectivity index (χ4v) is 5.60.